The summed E-state index contributed by atoms with van der Waals surface area (Å²) < 4.78 is 151. The number of rotatable bonds is 9. The summed E-state index contributed by atoms with van der Waals surface area (Å²) in [6.45, 7) is 18.4. The van der Waals surface area contributed by atoms with Crippen molar-refractivity contribution in [1.29, 1.82) is 0 Å². The molecule has 0 aliphatic heterocycles. The van der Waals surface area contributed by atoms with E-state index in [1.807, 2.05) is 92.1 Å². The van der Waals surface area contributed by atoms with Gasteiger partial charge in [-0.1, -0.05) is 219 Å². The molecule has 0 aliphatic rings. The fourth-order valence-corrected chi connectivity index (χ4v) is 10.6. The van der Waals surface area contributed by atoms with Gasteiger partial charge in [-0.05, 0) is 109 Å². The molecular weight excluding hydrogens is 1160 g/mol. The van der Waals surface area contributed by atoms with Crippen molar-refractivity contribution in [3.05, 3.63) is 241 Å². The number of para-hydroxylation sites is 6. The minimum absolute atomic E-state index is 0. The predicted molar refractivity (Wildman–Crippen MR) is 326 cm³/mol. The molecule has 0 bridgehead atoms. The quantitative estimate of drug-likeness (QED) is 0.107. The van der Waals surface area contributed by atoms with Gasteiger partial charge in [0.05, 0.1) is 45.6 Å². The van der Waals surface area contributed by atoms with Crippen molar-refractivity contribution >= 4 is 54.6 Å². The molecule has 0 radical (unpaired) electrons. The molecule has 9 aromatic carbocycles. The number of fused-ring (bicyclic) bond motifs is 7. The third-order valence-electron chi connectivity index (χ3n) is 14.2. The zero-order valence-corrected chi connectivity index (χ0v) is 47.9. The number of pyridine rings is 1. The maximum atomic E-state index is 9.54. The second kappa shape index (κ2) is 20.1. The Morgan fingerprint density at radius 2 is 1.19 bits per heavy atom. The Bertz CT molecular complexity index is 5260. The van der Waals surface area contributed by atoms with Gasteiger partial charge in [-0.2, -0.15) is 12.1 Å². The molecule has 0 spiro atoms. The van der Waals surface area contributed by atoms with E-state index in [0.29, 0.717) is 66.7 Å². The minimum atomic E-state index is -1.85. The first-order valence-electron chi connectivity index (χ1n) is 33.7. The number of hydrogen-bond acceptors (Lipinski definition) is 2. The fraction of sp³-hybridized carbons (Fsp3) is 0.178. The smallest absolute Gasteiger partial charge is 0.268 e. The normalized spacial score (nSPS) is 15.1. The van der Waals surface area contributed by atoms with Gasteiger partial charge in [-0.15, -0.1) is 24.3 Å². The molecule has 80 heavy (non-hydrogen) atoms. The average Bonchev–Trinajstić information content (AvgIpc) is 1.53. The van der Waals surface area contributed by atoms with Crippen LogP contribution in [0.1, 0.15) is 99.6 Å². The molecule has 6 nitrogen and oxygen atoms in total. The Balaban J connectivity index is 0.00000864. The van der Waals surface area contributed by atoms with E-state index in [1.165, 1.54) is 10.8 Å². The van der Waals surface area contributed by atoms with Crippen LogP contribution in [0.2, 0.25) is 0 Å². The van der Waals surface area contributed by atoms with Gasteiger partial charge < -0.3 is 18.4 Å². The Labute approximate surface area is 504 Å². The topological polar surface area (TPSA) is 40.8 Å². The molecule has 0 unspecified atom stereocenters. The number of aromatic nitrogens is 5. The molecule has 13 aromatic rings. The SMILES string of the molecule is [2H]c1c([2H])c([2H])c(-c2cccc(-c3cc(C(C)(C)C)cc(C(C)(C)C)c3)c2-[n+]2[c-]n(-c3[c-]c(Oc4[c-]c5c(c(-n6c7c([2H])c([2H])c([2H])c([2H])c7c7c([2H])c([2H])c([2H])c([2H])c76)c4)c4ccccc4n5-c4cc(C([2H])([2H])C(C)(C)C)ccn4)ccc3)c3ccccc32)c([2H])c1[2H].[Pt]. The van der Waals surface area contributed by atoms with E-state index in [-0.39, 0.29) is 88.5 Å². The zero-order valence-electron chi connectivity index (χ0n) is 60.6. The van der Waals surface area contributed by atoms with Crippen molar-refractivity contribution in [2.75, 3.05) is 0 Å². The fourth-order valence-electron chi connectivity index (χ4n) is 10.6. The summed E-state index contributed by atoms with van der Waals surface area (Å²) >= 11 is 0. The Morgan fingerprint density at radius 1 is 0.562 bits per heavy atom. The maximum Gasteiger partial charge on any atom is 0.268 e. The van der Waals surface area contributed by atoms with Crippen LogP contribution in [0.15, 0.2) is 206 Å². The molecular formula is C73H63N5OPt-2. The zero-order chi connectivity index (χ0) is 67.5. The van der Waals surface area contributed by atoms with Crippen molar-refractivity contribution < 1.29 is 50.9 Å². The first-order valence-corrected chi connectivity index (χ1v) is 26.2. The van der Waals surface area contributed by atoms with Gasteiger partial charge in [0.1, 0.15) is 5.82 Å². The van der Waals surface area contributed by atoms with Crippen LogP contribution in [-0.2, 0) is 38.3 Å². The van der Waals surface area contributed by atoms with Crippen LogP contribution in [0, 0.1) is 23.9 Å². The first-order chi connectivity index (χ1) is 44.2. The molecule has 7 heteroatoms. The molecule has 0 aliphatic carbocycles. The number of ether oxygens (including phenoxy) is 1. The van der Waals surface area contributed by atoms with Crippen LogP contribution in [0.5, 0.6) is 11.5 Å². The van der Waals surface area contributed by atoms with E-state index >= 15 is 0 Å². The van der Waals surface area contributed by atoms with Gasteiger partial charge in [-0.25, -0.2) is 4.98 Å². The van der Waals surface area contributed by atoms with E-state index in [1.54, 1.807) is 45.5 Å². The second-order valence-corrected chi connectivity index (χ2v) is 22.9. The predicted octanol–water partition coefficient (Wildman–Crippen LogP) is 18.2. The Kier molecular flexibility index (Phi) is 9.43. The average molecular weight is 1240 g/mol. The van der Waals surface area contributed by atoms with Crippen LogP contribution >= 0.6 is 0 Å². The molecule has 0 amide bonds. The summed E-state index contributed by atoms with van der Waals surface area (Å²) in [5, 5.41) is 0.765. The van der Waals surface area contributed by atoms with Crippen LogP contribution in [0.4, 0.5) is 0 Å². The van der Waals surface area contributed by atoms with E-state index in [0.717, 1.165) is 16.7 Å². The molecule has 0 atom stereocenters. The third kappa shape index (κ3) is 9.43. The Hall–Kier alpha value is -8.31. The van der Waals surface area contributed by atoms with E-state index in [4.69, 9.17) is 19.3 Å². The summed E-state index contributed by atoms with van der Waals surface area (Å²) in [4.78, 5) is 4.83. The van der Waals surface area contributed by atoms with Crippen LogP contribution in [0.25, 0.3) is 99.8 Å². The molecule has 398 valence electrons. The monoisotopic (exact) mass is 1240 g/mol. The molecule has 0 saturated carbocycles. The van der Waals surface area contributed by atoms with Crippen LogP contribution in [-0.4, -0.2) is 18.7 Å². The van der Waals surface area contributed by atoms with Gasteiger partial charge in [0.25, 0.3) is 6.33 Å². The van der Waals surface area contributed by atoms with Gasteiger partial charge in [0.15, 0.2) is 0 Å². The van der Waals surface area contributed by atoms with Crippen molar-refractivity contribution in [3.63, 3.8) is 0 Å². The van der Waals surface area contributed by atoms with Crippen LogP contribution < -0.4 is 9.30 Å². The summed E-state index contributed by atoms with van der Waals surface area (Å²) in [6, 6.07) is 37.5. The van der Waals surface area contributed by atoms with Gasteiger partial charge >= 0.3 is 0 Å². The van der Waals surface area contributed by atoms with Crippen LogP contribution in [0.3, 0.4) is 0 Å². The number of nitrogens with zero attached hydrogens (tertiary/aromatic N) is 5. The maximum absolute atomic E-state index is 9.54. The number of benzene rings is 9. The van der Waals surface area contributed by atoms with Gasteiger partial charge in [0, 0.05) is 57.8 Å². The van der Waals surface area contributed by atoms with Crippen molar-refractivity contribution in [2.45, 2.75) is 79.5 Å². The Morgan fingerprint density at radius 3 is 1.88 bits per heavy atom. The standard InChI is InChI=1S/C73H63N5O.Pt/c1-71(2,3)46-48-37-38-74-68(39-48)78-63-34-18-15-29-60(63)69-66(77-61-32-16-13-27-58(61)59-28-14-17-33-62(59)77)44-55(45-67(69)78)79-54-26-21-25-53(43-54)75-47-76(65-36-20-19-35-64(65)75)70-56(49-23-11-10-12-24-49)30-22-31-57(70)50-40-51(72(4,5)6)42-52(41-50)73(7,8)9;/h10-42,44H,46H2,1-9H3;/q-2;/i10D,11D,12D,13D,14D,16D,17D,23D,24D,27D,28D,32D,33D,46D2;. The molecule has 0 saturated heterocycles. The molecule has 0 N–H and O–H groups in total. The molecule has 4 heterocycles. The molecule has 4 aromatic heterocycles. The summed E-state index contributed by atoms with van der Waals surface area (Å²) in [5.74, 6) is 0.475. The molecule has 0 fully saturated rings. The second-order valence-electron chi connectivity index (χ2n) is 22.9. The van der Waals surface area contributed by atoms with E-state index < -0.39 is 78.3 Å². The number of imidazole rings is 1. The van der Waals surface area contributed by atoms with Gasteiger partial charge in [0.2, 0.25) is 0 Å². The van der Waals surface area contributed by atoms with Crippen molar-refractivity contribution in [3.8, 4) is 56.6 Å². The van der Waals surface area contributed by atoms with E-state index in [9.17, 15) is 11.0 Å². The first kappa shape index (κ1) is 37.5. The summed E-state index contributed by atoms with van der Waals surface area (Å²) in [5.41, 5.74) is 6.02. The minimum Gasteiger partial charge on any atom is -0.510 e. The van der Waals surface area contributed by atoms with Crippen molar-refractivity contribution in [1.82, 2.24) is 18.7 Å². The third-order valence-corrected chi connectivity index (χ3v) is 14.2. The van der Waals surface area contributed by atoms with Gasteiger partial charge in [-0.3, -0.25) is 4.57 Å². The number of hydrogen-bond donors (Lipinski definition) is 0. The summed E-state index contributed by atoms with van der Waals surface area (Å²) in [7, 11) is 0. The summed E-state index contributed by atoms with van der Waals surface area (Å²) in [6.07, 6.45) is 3.29. The molecule has 13 rings (SSSR count). The van der Waals surface area contributed by atoms with Crippen molar-refractivity contribution in [2.24, 2.45) is 5.41 Å². The largest absolute Gasteiger partial charge is 0.510 e. The van der Waals surface area contributed by atoms with E-state index in [2.05, 4.69) is 78.2 Å².